The highest BCUT2D eigenvalue weighted by Crippen LogP contribution is 2.26. The zero-order valence-corrected chi connectivity index (χ0v) is 11.3. The van der Waals surface area contributed by atoms with Crippen molar-refractivity contribution in [3.63, 3.8) is 0 Å². The normalized spacial score (nSPS) is 18.0. The molecule has 1 N–H and O–H groups in total. The van der Waals surface area contributed by atoms with Gasteiger partial charge in [-0.1, -0.05) is 23.2 Å². The Labute approximate surface area is 119 Å². The molecule has 0 bridgehead atoms. The summed E-state index contributed by atoms with van der Waals surface area (Å²) in [6.45, 7) is 0.277. The van der Waals surface area contributed by atoms with Gasteiger partial charge in [0.25, 0.3) is 5.91 Å². The average Bonchev–Trinajstić information content (AvgIpc) is 2.76. The van der Waals surface area contributed by atoms with Gasteiger partial charge in [-0.15, -0.1) is 0 Å². The standard InChI is InChI=1S/C12H11Cl2NO4/c13-9-2-1-8(5-10(9)14)19-15-11(16)3-7-4-12(17)18-6-7/h1-2,5,7H,3-4,6H2,(H,15,16). The van der Waals surface area contributed by atoms with Gasteiger partial charge in [0.05, 0.1) is 23.1 Å². The molecule has 1 aromatic rings. The maximum atomic E-state index is 11.6. The van der Waals surface area contributed by atoms with Gasteiger partial charge in [0, 0.05) is 18.4 Å². The molecule has 1 aliphatic rings. The first-order valence-electron chi connectivity index (χ1n) is 5.61. The first-order valence-corrected chi connectivity index (χ1v) is 6.36. The molecular weight excluding hydrogens is 293 g/mol. The Morgan fingerprint density at radius 1 is 1.42 bits per heavy atom. The minimum absolute atomic E-state index is 0.0927. The highest BCUT2D eigenvalue weighted by molar-refractivity contribution is 6.42. The predicted molar refractivity (Wildman–Crippen MR) is 68.9 cm³/mol. The number of hydroxylamine groups is 1. The molecule has 1 atom stereocenters. The first kappa shape index (κ1) is 14.0. The smallest absolute Gasteiger partial charge is 0.306 e. The van der Waals surface area contributed by atoms with Crippen molar-refractivity contribution in [1.82, 2.24) is 5.48 Å². The summed E-state index contributed by atoms with van der Waals surface area (Å²) in [6.07, 6.45) is 0.438. The number of esters is 1. The molecule has 1 heterocycles. The molecule has 19 heavy (non-hydrogen) atoms. The van der Waals surface area contributed by atoms with Gasteiger partial charge in [0.1, 0.15) is 0 Å². The zero-order chi connectivity index (χ0) is 13.8. The number of cyclic esters (lactones) is 1. The number of amides is 1. The first-order chi connectivity index (χ1) is 9.04. The Morgan fingerprint density at radius 3 is 2.84 bits per heavy atom. The molecule has 2 rings (SSSR count). The van der Waals surface area contributed by atoms with Crippen molar-refractivity contribution in [1.29, 1.82) is 0 Å². The van der Waals surface area contributed by atoms with E-state index in [0.29, 0.717) is 15.8 Å². The van der Waals surface area contributed by atoms with E-state index in [-0.39, 0.29) is 37.2 Å². The number of ether oxygens (including phenoxy) is 1. The number of halogens is 2. The molecule has 7 heteroatoms. The molecule has 1 amide bonds. The Morgan fingerprint density at radius 2 is 2.21 bits per heavy atom. The van der Waals surface area contributed by atoms with Crippen LogP contribution in [0.5, 0.6) is 5.75 Å². The van der Waals surface area contributed by atoms with Crippen molar-refractivity contribution in [3.05, 3.63) is 28.2 Å². The number of carbonyl (C=O) groups excluding carboxylic acids is 2. The van der Waals surface area contributed by atoms with Gasteiger partial charge >= 0.3 is 5.97 Å². The Balaban J connectivity index is 1.79. The van der Waals surface area contributed by atoms with Crippen LogP contribution in [0.15, 0.2) is 18.2 Å². The summed E-state index contributed by atoms with van der Waals surface area (Å²) >= 11 is 11.6. The van der Waals surface area contributed by atoms with Crippen molar-refractivity contribution in [3.8, 4) is 5.75 Å². The molecule has 1 unspecified atom stereocenters. The summed E-state index contributed by atoms with van der Waals surface area (Å²) in [5.41, 5.74) is 2.28. The van der Waals surface area contributed by atoms with E-state index in [1.165, 1.54) is 6.07 Å². The average molecular weight is 304 g/mol. The van der Waals surface area contributed by atoms with Crippen LogP contribution in [-0.4, -0.2) is 18.5 Å². The van der Waals surface area contributed by atoms with E-state index in [0.717, 1.165) is 0 Å². The van der Waals surface area contributed by atoms with Crippen LogP contribution in [0.2, 0.25) is 10.0 Å². The zero-order valence-electron chi connectivity index (χ0n) is 9.82. The summed E-state index contributed by atoms with van der Waals surface area (Å²) in [5.74, 6) is -0.316. The third-order valence-electron chi connectivity index (χ3n) is 2.58. The van der Waals surface area contributed by atoms with Crippen LogP contribution in [0.1, 0.15) is 12.8 Å². The van der Waals surface area contributed by atoms with Crippen LogP contribution in [0.25, 0.3) is 0 Å². The van der Waals surface area contributed by atoms with Crippen molar-refractivity contribution >= 4 is 35.1 Å². The van der Waals surface area contributed by atoms with Gasteiger partial charge in [-0.3, -0.25) is 9.59 Å². The van der Waals surface area contributed by atoms with Gasteiger partial charge in [0.15, 0.2) is 5.75 Å². The highest BCUT2D eigenvalue weighted by atomic mass is 35.5. The minimum atomic E-state index is -0.325. The van der Waals surface area contributed by atoms with Crippen LogP contribution in [-0.2, 0) is 14.3 Å². The van der Waals surface area contributed by atoms with Gasteiger partial charge in [0.2, 0.25) is 0 Å². The van der Waals surface area contributed by atoms with Gasteiger partial charge in [-0.2, -0.15) is 5.48 Å². The predicted octanol–water partition coefficient (Wildman–Crippen LogP) is 2.36. The SMILES string of the molecule is O=C(CC1COC(=O)C1)NOc1ccc(Cl)c(Cl)c1. The number of nitrogens with one attached hydrogen (secondary N) is 1. The maximum Gasteiger partial charge on any atom is 0.306 e. The molecule has 1 saturated heterocycles. The molecule has 0 aliphatic carbocycles. The fourth-order valence-electron chi connectivity index (χ4n) is 1.66. The van der Waals surface area contributed by atoms with E-state index in [9.17, 15) is 9.59 Å². The van der Waals surface area contributed by atoms with E-state index in [2.05, 4.69) is 5.48 Å². The number of carbonyl (C=O) groups is 2. The number of hydrogen-bond acceptors (Lipinski definition) is 4. The lowest BCUT2D eigenvalue weighted by atomic mass is 10.1. The maximum absolute atomic E-state index is 11.6. The van der Waals surface area contributed by atoms with Crippen LogP contribution >= 0.6 is 23.2 Å². The molecule has 0 radical (unpaired) electrons. The third kappa shape index (κ3) is 4.01. The second-order valence-corrected chi connectivity index (χ2v) is 4.97. The van der Waals surface area contributed by atoms with E-state index in [1.807, 2.05) is 0 Å². The fourth-order valence-corrected chi connectivity index (χ4v) is 1.94. The molecule has 1 aromatic carbocycles. The monoisotopic (exact) mass is 303 g/mol. The Kier molecular flexibility index (Phi) is 4.50. The lowest BCUT2D eigenvalue weighted by Gasteiger charge is -2.09. The molecule has 0 saturated carbocycles. The van der Waals surface area contributed by atoms with Crippen LogP contribution in [0.4, 0.5) is 0 Å². The largest absolute Gasteiger partial charge is 0.465 e. The van der Waals surface area contributed by atoms with Crippen LogP contribution in [0.3, 0.4) is 0 Å². The molecule has 1 aliphatic heterocycles. The van der Waals surface area contributed by atoms with Crippen molar-refractivity contribution < 1.29 is 19.2 Å². The molecule has 1 fully saturated rings. The molecule has 102 valence electrons. The van der Waals surface area contributed by atoms with Crippen molar-refractivity contribution in [2.45, 2.75) is 12.8 Å². The summed E-state index contributed by atoms with van der Waals surface area (Å²) in [5, 5.41) is 0.741. The van der Waals surface area contributed by atoms with Crippen molar-refractivity contribution in [2.24, 2.45) is 5.92 Å². The van der Waals surface area contributed by atoms with Gasteiger partial charge in [-0.05, 0) is 12.1 Å². The Hall–Kier alpha value is -1.46. The van der Waals surface area contributed by atoms with Crippen LogP contribution < -0.4 is 10.3 Å². The summed E-state index contributed by atoms with van der Waals surface area (Å²) in [4.78, 5) is 27.5. The summed E-state index contributed by atoms with van der Waals surface area (Å²) < 4.78 is 4.77. The molecule has 5 nitrogen and oxygen atoms in total. The molecule has 0 aromatic heterocycles. The molecule has 0 spiro atoms. The van der Waals surface area contributed by atoms with E-state index >= 15 is 0 Å². The quantitative estimate of drug-likeness (QED) is 0.685. The second-order valence-electron chi connectivity index (χ2n) is 4.16. The third-order valence-corrected chi connectivity index (χ3v) is 3.32. The lowest BCUT2D eigenvalue weighted by Crippen LogP contribution is -2.28. The highest BCUT2D eigenvalue weighted by Gasteiger charge is 2.26. The van der Waals surface area contributed by atoms with Crippen molar-refractivity contribution in [2.75, 3.05) is 6.61 Å². The van der Waals surface area contributed by atoms with Crippen LogP contribution in [0, 0.1) is 5.92 Å². The molecular formula is C12H11Cl2NO4. The Bertz CT molecular complexity index is 507. The second kappa shape index (κ2) is 6.12. The summed E-state index contributed by atoms with van der Waals surface area (Å²) in [6, 6.07) is 4.64. The van der Waals surface area contributed by atoms with E-state index in [4.69, 9.17) is 32.8 Å². The van der Waals surface area contributed by atoms with Gasteiger partial charge < -0.3 is 9.57 Å². The summed E-state index contributed by atoms with van der Waals surface area (Å²) in [7, 11) is 0. The fraction of sp³-hybridized carbons (Fsp3) is 0.333. The lowest BCUT2D eigenvalue weighted by molar-refractivity contribution is -0.138. The van der Waals surface area contributed by atoms with E-state index in [1.54, 1.807) is 12.1 Å². The number of benzene rings is 1. The number of hydrogen-bond donors (Lipinski definition) is 1. The minimum Gasteiger partial charge on any atom is -0.465 e. The number of rotatable bonds is 4. The van der Waals surface area contributed by atoms with E-state index < -0.39 is 0 Å². The topological polar surface area (TPSA) is 64.6 Å². The van der Waals surface area contributed by atoms with Gasteiger partial charge in [-0.25, -0.2) is 0 Å².